The lowest BCUT2D eigenvalue weighted by Gasteiger charge is -2.39. The topological polar surface area (TPSA) is 195 Å². The molecule has 4 amide bonds. The minimum absolute atomic E-state index is 0.000630. The van der Waals surface area contributed by atoms with Gasteiger partial charge in [-0.15, -0.1) is 0 Å². The van der Waals surface area contributed by atoms with Gasteiger partial charge in [-0.3, -0.25) is 24.1 Å². The zero-order valence-corrected chi connectivity index (χ0v) is 25.2. The van der Waals surface area contributed by atoms with Crippen LogP contribution in [0.25, 0.3) is 0 Å². The number of likely N-dealkylation sites (tertiary alicyclic amines) is 1. The summed E-state index contributed by atoms with van der Waals surface area (Å²) in [5, 5.41) is 45.3. The molecule has 13 nitrogen and oxygen atoms in total. The summed E-state index contributed by atoms with van der Waals surface area (Å²) in [6, 6.07) is 4.96. The molecule has 2 aliphatic heterocycles. The van der Waals surface area contributed by atoms with Crippen LogP contribution in [0.5, 0.6) is 5.75 Å². The molecule has 0 radical (unpaired) electrons. The molecule has 240 valence electrons. The van der Waals surface area contributed by atoms with E-state index in [1.165, 1.54) is 0 Å². The minimum atomic E-state index is -1.59. The number of nitrogens with zero attached hydrogens (tertiary/aromatic N) is 1. The van der Waals surface area contributed by atoms with E-state index in [1.54, 1.807) is 18.2 Å². The molecule has 1 aromatic rings. The number of carbonyl (C=O) groups is 4. The second kappa shape index (κ2) is 15.6. The maximum absolute atomic E-state index is 12.8. The first-order chi connectivity index (χ1) is 20.3. The van der Waals surface area contributed by atoms with E-state index in [0.717, 1.165) is 16.9 Å². The van der Waals surface area contributed by atoms with Crippen LogP contribution in [0.4, 0.5) is 5.69 Å². The third kappa shape index (κ3) is 9.19. The minimum Gasteiger partial charge on any atom is -0.462 e. The summed E-state index contributed by atoms with van der Waals surface area (Å²) in [6.07, 6.45) is -5.62. The Hall–Kier alpha value is -3.10. The van der Waals surface area contributed by atoms with Crippen molar-refractivity contribution >= 4 is 29.3 Å². The van der Waals surface area contributed by atoms with Gasteiger partial charge in [0.15, 0.2) is 0 Å². The molecule has 0 saturated carbocycles. The van der Waals surface area contributed by atoms with Crippen molar-refractivity contribution < 1.29 is 49.1 Å². The lowest BCUT2D eigenvalue weighted by atomic mass is 9.94. The highest BCUT2D eigenvalue weighted by Crippen LogP contribution is 2.29. The quantitative estimate of drug-likeness (QED) is 0.160. The van der Waals surface area contributed by atoms with E-state index in [4.69, 9.17) is 9.47 Å². The monoisotopic (exact) mass is 607 g/mol. The predicted molar refractivity (Wildman–Crippen MR) is 155 cm³/mol. The Labute approximate surface area is 251 Å². The molecule has 0 bridgehead atoms. The Balaban J connectivity index is 1.56. The van der Waals surface area contributed by atoms with Crippen LogP contribution in [0.1, 0.15) is 58.9 Å². The molecular weight excluding hydrogens is 562 g/mol. The van der Waals surface area contributed by atoms with E-state index in [0.29, 0.717) is 18.0 Å². The number of hydrogen-bond acceptors (Lipinski definition) is 10. The van der Waals surface area contributed by atoms with Crippen molar-refractivity contribution in [3.63, 3.8) is 0 Å². The smallest absolute Gasteiger partial charge is 0.233 e. The highest BCUT2D eigenvalue weighted by Gasteiger charge is 2.45. The van der Waals surface area contributed by atoms with Crippen LogP contribution in [0, 0.1) is 17.8 Å². The average Bonchev–Trinajstić information content (AvgIpc) is 3.24. The van der Waals surface area contributed by atoms with Gasteiger partial charge < -0.3 is 40.5 Å². The van der Waals surface area contributed by atoms with Gasteiger partial charge >= 0.3 is 0 Å². The zero-order valence-electron chi connectivity index (χ0n) is 25.2. The van der Waals surface area contributed by atoms with Crippen molar-refractivity contribution in [2.75, 3.05) is 25.0 Å². The summed E-state index contributed by atoms with van der Waals surface area (Å²) in [6.45, 7) is 7.37. The number of aliphatic hydroxyl groups is 4. The molecule has 1 aromatic carbocycles. The molecule has 6 unspecified atom stereocenters. The van der Waals surface area contributed by atoms with Gasteiger partial charge in [-0.05, 0) is 36.3 Å². The van der Waals surface area contributed by atoms with Crippen LogP contribution in [0.15, 0.2) is 18.2 Å². The fraction of sp³-hybridized carbons (Fsp3) is 0.667. The van der Waals surface area contributed by atoms with Crippen molar-refractivity contribution in [3.05, 3.63) is 23.8 Å². The zero-order chi connectivity index (χ0) is 31.8. The number of aryl methyl sites for hydroxylation is 1. The Bertz CT molecular complexity index is 1140. The number of rotatable bonds is 14. The van der Waals surface area contributed by atoms with Crippen LogP contribution in [-0.2, 0) is 30.3 Å². The Kier molecular flexibility index (Phi) is 12.5. The molecule has 3 rings (SSSR count). The van der Waals surface area contributed by atoms with Gasteiger partial charge in [0.25, 0.3) is 0 Å². The van der Waals surface area contributed by atoms with Crippen LogP contribution in [-0.4, -0.2) is 99.4 Å². The molecule has 2 saturated heterocycles. The molecule has 6 atom stereocenters. The van der Waals surface area contributed by atoms with E-state index < -0.39 is 37.3 Å². The number of ether oxygens (including phenoxy) is 2. The SMILES string of the molecule is CC(C)CCc1ccc(OC2OC(CO)C(O)C(O)C2O)cc1NC(=O)CCNC(=O)CCN1C(=O)CC(C(C)C)C1=O. The second-order valence-electron chi connectivity index (χ2n) is 11.9. The maximum Gasteiger partial charge on any atom is 0.233 e. The van der Waals surface area contributed by atoms with Gasteiger partial charge in [0, 0.05) is 50.0 Å². The summed E-state index contributed by atoms with van der Waals surface area (Å²) >= 11 is 0. The first-order valence-electron chi connectivity index (χ1n) is 14.8. The molecule has 2 heterocycles. The average molecular weight is 608 g/mol. The molecule has 2 aliphatic rings. The third-order valence-corrected chi connectivity index (χ3v) is 7.77. The van der Waals surface area contributed by atoms with E-state index in [9.17, 15) is 39.6 Å². The lowest BCUT2D eigenvalue weighted by molar-refractivity contribution is -0.277. The fourth-order valence-electron chi connectivity index (χ4n) is 5.00. The van der Waals surface area contributed by atoms with Crippen molar-refractivity contribution in [3.8, 4) is 5.75 Å². The molecule has 13 heteroatoms. The van der Waals surface area contributed by atoms with E-state index in [1.807, 2.05) is 13.8 Å². The summed E-state index contributed by atoms with van der Waals surface area (Å²) in [5.41, 5.74) is 1.30. The third-order valence-electron chi connectivity index (χ3n) is 7.77. The maximum atomic E-state index is 12.8. The fourth-order valence-corrected chi connectivity index (χ4v) is 5.00. The summed E-state index contributed by atoms with van der Waals surface area (Å²) in [5.74, 6) is -0.974. The Morgan fingerprint density at radius 1 is 1.05 bits per heavy atom. The van der Waals surface area contributed by atoms with Gasteiger partial charge in [0.05, 0.1) is 6.61 Å². The van der Waals surface area contributed by atoms with E-state index >= 15 is 0 Å². The Morgan fingerprint density at radius 3 is 2.40 bits per heavy atom. The number of benzene rings is 1. The molecule has 0 aliphatic carbocycles. The molecule has 0 spiro atoms. The molecule has 43 heavy (non-hydrogen) atoms. The number of aliphatic hydroxyl groups excluding tert-OH is 4. The van der Waals surface area contributed by atoms with Crippen molar-refractivity contribution in [2.45, 2.75) is 90.5 Å². The summed E-state index contributed by atoms with van der Waals surface area (Å²) < 4.78 is 11.1. The largest absolute Gasteiger partial charge is 0.462 e. The highest BCUT2D eigenvalue weighted by molar-refractivity contribution is 6.03. The standard InChI is InChI=1S/C30H45N3O10/c1-16(2)5-6-18-7-8-19(42-30-28(40)27(39)26(38)22(15-34)43-30)13-21(18)32-24(36)9-11-31-23(35)10-12-33-25(37)14-20(17(3)4)29(33)41/h7-8,13,16-17,20,22,26-28,30,34,38-40H,5-6,9-12,14-15H2,1-4H3,(H,31,35)(H,32,36). The first kappa shape index (κ1) is 34.4. The number of anilines is 1. The van der Waals surface area contributed by atoms with Crippen LogP contribution in [0.2, 0.25) is 0 Å². The van der Waals surface area contributed by atoms with E-state index in [2.05, 4.69) is 24.5 Å². The van der Waals surface area contributed by atoms with Crippen LogP contribution >= 0.6 is 0 Å². The van der Waals surface area contributed by atoms with Gasteiger partial charge in [-0.1, -0.05) is 33.8 Å². The number of hydrogen-bond donors (Lipinski definition) is 6. The van der Waals surface area contributed by atoms with Gasteiger partial charge in [0.2, 0.25) is 29.9 Å². The predicted octanol–water partition coefficient (Wildman–Crippen LogP) is 0.320. The van der Waals surface area contributed by atoms with Crippen molar-refractivity contribution in [1.29, 1.82) is 0 Å². The van der Waals surface area contributed by atoms with Crippen LogP contribution < -0.4 is 15.4 Å². The molecular formula is C30H45N3O10. The second-order valence-corrected chi connectivity index (χ2v) is 11.9. The molecule has 6 N–H and O–H groups in total. The summed E-state index contributed by atoms with van der Waals surface area (Å²) in [4.78, 5) is 50.9. The highest BCUT2D eigenvalue weighted by atomic mass is 16.7. The number of amides is 4. The van der Waals surface area contributed by atoms with Gasteiger partial charge in [-0.2, -0.15) is 0 Å². The van der Waals surface area contributed by atoms with Crippen molar-refractivity contribution in [2.24, 2.45) is 17.8 Å². The van der Waals surface area contributed by atoms with Crippen LogP contribution in [0.3, 0.4) is 0 Å². The normalized spacial score (nSPS) is 25.9. The number of imide groups is 1. The Morgan fingerprint density at radius 2 is 1.77 bits per heavy atom. The lowest BCUT2D eigenvalue weighted by Crippen LogP contribution is -2.60. The summed E-state index contributed by atoms with van der Waals surface area (Å²) in [7, 11) is 0. The molecule has 2 fully saturated rings. The molecule has 0 aromatic heterocycles. The first-order valence-corrected chi connectivity index (χ1v) is 14.8. The van der Waals surface area contributed by atoms with Crippen molar-refractivity contribution in [1.82, 2.24) is 10.2 Å². The number of carbonyl (C=O) groups excluding carboxylic acids is 4. The van der Waals surface area contributed by atoms with E-state index in [-0.39, 0.29) is 73.6 Å². The number of nitrogens with one attached hydrogen (secondary N) is 2. The van der Waals surface area contributed by atoms with Gasteiger partial charge in [0.1, 0.15) is 30.2 Å². The van der Waals surface area contributed by atoms with Gasteiger partial charge in [-0.25, -0.2) is 0 Å².